The monoisotopic (exact) mass is 507 g/mol. The fourth-order valence-corrected chi connectivity index (χ4v) is 6.38. The second-order valence-corrected chi connectivity index (χ2v) is 10.7. The molecule has 4 heterocycles. The van der Waals surface area contributed by atoms with Crippen molar-refractivity contribution in [1.82, 2.24) is 34.8 Å². The van der Waals surface area contributed by atoms with Crippen LogP contribution in [0.1, 0.15) is 54.5 Å². The third kappa shape index (κ3) is 4.41. The van der Waals surface area contributed by atoms with E-state index in [0.29, 0.717) is 11.8 Å². The summed E-state index contributed by atoms with van der Waals surface area (Å²) in [5, 5.41) is 17.0. The molecule has 1 aliphatic heterocycles. The van der Waals surface area contributed by atoms with Gasteiger partial charge in [0, 0.05) is 36.8 Å². The molecule has 0 saturated heterocycles. The Morgan fingerprint density at radius 3 is 2.63 bits per heavy atom. The van der Waals surface area contributed by atoms with E-state index in [2.05, 4.69) is 66.9 Å². The molecule has 1 aromatic carbocycles. The number of nitrogens with one attached hydrogen (secondary N) is 1. The Labute approximate surface area is 222 Å². The zero-order valence-corrected chi connectivity index (χ0v) is 21.6. The van der Waals surface area contributed by atoms with Crippen LogP contribution in [-0.2, 0) is 25.7 Å². The van der Waals surface area contributed by atoms with E-state index in [-0.39, 0.29) is 5.95 Å². The van der Waals surface area contributed by atoms with Crippen molar-refractivity contribution in [2.75, 3.05) is 24.1 Å². The third-order valence-corrected chi connectivity index (χ3v) is 8.33. The number of fused-ring (bicyclic) bond motifs is 4. The molecule has 38 heavy (non-hydrogen) atoms. The van der Waals surface area contributed by atoms with Crippen LogP contribution in [0.5, 0.6) is 0 Å². The molecule has 0 amide bonds. The normalized spacial score (nSPS) is 17.8. The smallest absolute Gasteiger partial charge is 0.241 e. The highest BCUT2D eigenvalue weighted by atomic mass is 15.5. The van der Waals surface area contributed by atoms with E-state index < -0.39 is 0 Å². The van der Waals surface area contributed by atoms with Crippen LogP contribution in [0.2, 0.25) is 0 Å². The molecule has 3 N–H and O–H groups in total. The molecule has 1 saturated carbocycles. The number of benzene rings is 1. The molecule has 4 aromatic rings. The molecular weight excluding hydrogens is 474 g/mol. The predicted octanol–water partition coefficient (Wildman–Crippen LogP) is 4.28. The van der Waals surface area contributed by atoms with Gasteiger partial charge in [0.05, 0.1) is 17.6 Å². The van der Waals surface area contributed by atoms with Crippen molar-refractivity contribution in [3.8, 4) is 17.1 Å². The van der Waals surface area contributed by atoms with Gasteiger partial charge in [0.15, 0.2) is 5.82 Å². The van der Waals surface area contributed by atoms with E-state index in [4.69, 9.17) is 10.7 Å². The van der Waals surface area contributed by atoms with E-state index in [1.165, 1.54) is 48.1 Å². The number of hydrogen-bond acceptors (Lipinski definition) is 8. The summed E-state index contributed by atoms with van der Waals surface area (Å²) in [6, 6.07) is 13.5. The molecule has 1 fully saturated rings. The summed E-state index contributed by atoms with van der Waals surface area (Å²) in [5.41, 5.74) is 14.0. The maximum atomic E-state index is 6.05. The summed E-state index contributed by atoms with van der Waals surface area (Å²) in [6.07, 6.45) is 12.4. The van der Waals surface area contributed by atoms with Gasteiger partial charge >= 0.3 is 0 Å². The van der Waals surface area contributed by atoms with Gasteiger partial charge in [0.1, 0.15) is 0 Å². The number of pyridine rings is 1. The molecule has 3 aromatic heterocycles. The average molecular weight is 508 g/mol. The highest BCUT2D eigenvalue weighted by Crippen LogP contribution is 2.32. The number of nitrogen functional groups attached to an aromatic ring is 1. The standard InChI is InChI=1S/C29H33N9/c30-28-33-29(32-22-16-20-12-14-37(23-9-2-3-10-23)15-13-25(20)31-18-22)38(36-28)26-17-21-8-5-7-19-6-1-4-11-24(19)27(21)35-34-26/h1,4,6,11,16-18,23H,2-3,5,7-10,12-15H2,(H3,30,32,33,36). The van der Waals surface area contributed by atoms with Crippen molar-refractivity contribution in [3.63, 3.8) is 0 Å². The first-order valence-electron chi connectivity index (χ1n) is 13.9. The SMILES string of the molecule is Nc1nc(Nc2cnc3c(c2)CCN(C2CCCC2)CC3)n(-c2cc3c(nn2)-c2ccccc2CCC3)n1. The second kappa shape index (κ2) is 9.79. The zero-order valence-electron chi connectivity index (χ0n) is 21.6. The number of aryl methyl sites for hydroxylation is 2. The van der Waals surface area contributed by atoms with E-state index in [1.54, 1.807) is 4.68 Å². The molecule has 0 unspecified atom stereocenters. The lowest BCUT2D eigenvalue weighted by atomic mass is 10.0. The maximum absolute atomic E-state index is 6.05. The summed E-state index contributed by atoms with van der Waals surface area (Å²) < 4.78 is 1.65. The first-order valence-corrected chi connectivity index (χ1v) is 13.9. The Bertz CT molecular complexity index is 1470. The molecule has 7 rings (SSSR count). The van der Waals surface area contributed by atoms with Crippen LogP contribution in [-0.4, -0.2) is 54.0 Å². The number of nitrogens with zero attached hydrogens (tertiary/aromatic N) is 7. The van der Waals surface area contributed by atoms with Crippen LogP contribution in [0.15, 0.2) is 42.6 Å². The minimum atomic E-state index is 0.185. The van der Waals surface area contributed by atoms with Crippen molar-refractivity contribution in [2.24, 2.45) is 0 Å². The quantitative estimate of drug-likeness (QED) is 0.421. The summed E-state index contributed by atoms with van der Waals surface area (Å²) in [5.74, 6) is 1.29. The largest absolute Gasteiger partial charge is 0.366 e. The molecule has 194 valence electrons. The molecule has 2 aliphatic carbocycles. The maximum Gasteiger partial charge on any atom is 0.241 e. The number of nitrogens with two attached hydrogens (primary N) is 1. The Hall–Kier alpha value is -3.85. The average Bonchev–Trinajstić information content (AvgIpc) is 3.49. The van der Waals surface area contributed by atoms with E-state index in [9.17, 15) is 0 Å². The minimum absolute atomic E-state index is 0.185. The molecule has 3 aliphatic rings. The Kier molecular flexibility index (Phi) is 6.00. The van der Waals surface area contributed by atoms with Crippen LogP contribution < -0.4 is 11.1 Å². The van der Waals surface area contributed by atoms with Gasteiger partial charge in [-0.2, -0.15) is 9.67 Å². The van der Waals surface area contributed by atoms with Gasteiger partial charge in [-0.05, 0) is 67.3 Å². The summed E-state index contributed by atoms with van der Waals surface area (Å²) >= 11 is 0. The van der Waals surface area contributed by atoms with Crippen molar-refractivity contribution in [2.45, 2.75) is 63.8 Å². The fraction of sp³-hybridized carbons (Fsp3) is 0.414. The summed E-state index contributed by atoms with van der Waals surface area (Å²) in [6.45, 7) is 2.20. The van der Waals surface area contributed by atoms with Crippen molar-refractivity contribution >= 4 is 17.6 Å². The zero-order chi connectivity index (χ0) is 25.5. The molecule has 9 nitrogen and oxygen atoms in total. The minimum Gasteiger partial charge on any atom is -0.366 e. The Balaban J connectivity index is 1.15. The molecule has 0 atom stereocenters. The highest BCUT2D eigenvalue weighted by molar-refractivity contribution is 5.68. The van der Waals surface area contributed by atoms with Crippen LogP contribution in [0.3, 0.4) is 0 Å². The third-order valence-electron chi connectivity index (χ3n) is 8.33. The molecular formula is C29H33N9. The number of hydrogen-bond donors (Lipinski definition) is 2. The first kappa shape index (κ1) is 23.3. The van der Waals surface area contributed by atoms with Crippen LogP contribution in [0, 0.1) is 0 Å². The van der Waals surface area contributed by atoms with Gasteiger partial charge in [0.25, 0.3) is 0 Å². The number of rotatable bonds is 4. The summed E-state index contributed by atoms with van der Waals surface area (Å²) in [4.78, 5) is 12.0. The van der Waals surface area contributed by atoms with Crippen molar-refractivity contribution in [1.29, 1.82) is 0 Å². The van der Waals surface area contributed by atoms with Crippen molar-refractivity contribution < 1.29 is 0 Å². The Morgan fingerprint density at radius 2 is 1.71 bits per heavy atom. The molecule has 9 heteroatoms. The molecule has 0 spiro atoms. The van der Waals surface area contributed by atoms with Crippen LogP contribution in [0.4, 0.5) is 17.6 Å². The van der Waals surface area contributed by atoms with Gasteiger partial charge in [-0.25, -0.2) is 0 Å². The Morgan fingerprint density at radius 1 is 0.868 bits per heavy atom. The lowest BCUT2D eigenvalue weighted by molar-refractivity contribution is 0.208. The van der Waals surface area contributed by atoms with E-state index >= 15 is 0 Å². The van der Waals surface area contributed by atoms with Crippen molar-refractivity contribution in [3.05, 3.63) is 65.0 Å². The van der Waals surface area contributed by atoms with E-state index in [0.717, 1.165) is 68.2 Å². The van der Waals surface area contributed by atoms with E-state index in [1.807, 2.05) is 6.20 Å². The first-order chi connectivity index (χ1) is 18.7. The van der Waals surface area contributed by atoms with Crippen LogP contribution >= 0.6 is 0 Å². The second-order valence-electron chi connectivity index (χ2n) is 10.7. The lowest BCUT2D eigenvalue weighted by Crippen LogP contribution is -2.35. The van der Waals surface area contributed by atoms with Gasteiger partial charge in [-0.15, -0.1) is 15.3 Å². The number of anilines is 3. The summed E-state index contributed by atoms with van der Waals surface area (Å²) in [7, 11) is 0. The molecule has 0 bridgehead atoms. The van der Waals surface area contributed by atoms with Gasteiger partial charge in [-0.1, -0.05) is 37.1 Å². The number of aromatic nitrogens is 6. The van der Waals surface area contributed by atoms with Gasteiger partial charge in [0.2, 0.25) is 11.9 Å². The van der Waals surface area contributed by atoms with Gasteiger partial charge in [-0.3, -0.25) is 9.88 Å². The predicted molar refractivity (Wildman–Crippen MR) is 148 cm³/mol. The molecule has 0 radical (unpaired) electrons. The topological polar surface area (TPSA) is 111 Å². The van der Waals surface area contributed by atoms with Crippen LogP contribution in [0.25, 0.3) is 17.1 Å². The fourth-order valence-electron chi connectivity index (χ4n) is 6.38. The highest BCUT2D eigenvalue weighted by Gasteiger charge is 2.25. The lowest BCUT2D eigenvalue weighted by Gasteiger charge is -2.26. The van der Waals surface area contributed by atoms with Gasteiger partial charge < -0.3 is 11.1 Å².